The van der Waals surface area contributed by atoms with Crippen LogP contribution in [0.2, 0.25) is 0 Å². The summed E-state index contributed by atoms with van der Waals surface area (Å²) in [5.41, 5.74) is 0. The SMILES string of the molecule is CCCNc1ccc(S(=O)(=O)N(CCOC)C(C)C)cn1. The van der Waals surface area contributed by atoms with E-state index in [2.05, 4.69) is 17.2 Å². The zero-order valence-electron chi connectivity index (χ0n) is 13.2. The molecule has 0 aliphatic carbocycles. The van der Waals surface area contributed by atoms with Crippen molar-refractivity contribution in [2.45, 2.75) is 38.1 Å². The van der Waals surface area contributed by atoms with E-state index in [1.165, 1.54) is 10.5 Å². The van der Waals surface area contributed by atoms with Crippen LogP contribution in [-0.2, 0) is 14.8 Å². The molecule has 0 unspecified atom stereocenters. The Morgan fingerprint density at radius 3 is 2.57 bits per heavy atom. The van der Waals surface area contributed by atoms with Crippen molar-refractivity contribution >= 4 is 15.8 Å². The highest BCUT2D eigenvalue weighted by atomic mass is 32.2. The minimum absolute atomic E-state index is 0.136. The summed E-state index contributed by atoms with van der Waals surface area (Å²) in [6.07, 6.45) is 2.38. The first-order chi connectivity index (χ1) is 9.93. The highest BCUT2D eigenvalue weighted by Crippen LogP contribution is 2.18. The van der Waals surface area contributed by atoms with Crippen LogP contribution in [-0.4, -0.2) is 50.6 Å². The lowest BCUT2D eigenvalue weighted by atomic mass is 10.4. The molecule has 6 nitrogen and oxygen atoms in total. The lowest BCUT2D eigenvalue weighted by molar-refractivity contribution is 0.171. The molecule has 0 aliphatic heterocycles. The molecule has 120 valence electrons. The van der Waals surface area contributed by atoms with Crippen molar-refractivity contribution in [1.29, 1.82) is 0 Å². The van der Waals surface area contributed by atoms with Gasteiger partial charge in [-0.15, -0.1) is 0 Å². The van der Waals surface area contributed by atoms with Gasteiger partial charge in [0.2, 0.25) is 10.0 Å². The van der Waals surface area contributed by atoms with Gasteiger partial charge in [-0.25, -0.2) is 13.4 Å². The summed E-state index contributed by atoms with van der Waals surface area (Å²) in [7, 11) is -1.99. The van der Waals surface area contributed by atoms with Crippen LogP contribution >= 0.6 is 0 Å². The van der Waals surface area contributed by atoms with E-state index in [-0.39, 0.29) is 10.9 Å². The molecule has 0 radical (unpaired) electrons. The summed E-state index contributed by atoms with van der Waals surface area (Å²) in [6.45, 7) is 7.25. The number of ether oxygens (including phenoxy) is 1. The Hall–Kier alpha value is -1.18. The van der Waals surface area contributed by atoms with Gasteiger partial charge in [-0.05, 0) is 32.4 Å². The van der Waals surface area contributed by atoms with Crippen LogP contribution in [0.4, 0.5) is 5.82 Å². The van der Waals surface area contributed by atoms with Gasteiger partial charge in [0.1, 0.15) is 10.7 Å². The molecular weight excluding hydrogens is 290 g/mol. The first-order valence-corrected chi connectivity index (χ1v) is 8.58. The van der Waals surface area contributed by atoms with Gasteiger partial charge in [-0.3, -0.25) is 0 Å². The predicted octanol–water partition coefficient (Wildman–Crippen LogP) is 1.95. The standard InChI is InChI=1S/C14H25N3O3S/c1-5-8-15-14-7-6-13(11-16-14)21(18,19)17(12(2)3)9-10-20-4/h6-7,11-12H,5,8-10H2,1-4H3,(H,15,16). The molecular formula is C14H25N3O3S. The second-order valence-corrected chi connectivity index (χ2v) is 6.90. The normalized spacial score (nSPS) is 12.1. The molecule has 0 atom stereocenters. The zero-order chi connectivity index (χ0) is 15.9. The molecule has 21 heavy (non-hydrogen) atoms. The van der Waals surface area contributed by atoms with E-state index >= 15 is 0 Å². The Kier molecular flexibility index (Phi) is 7.07. The monoisotopic (exact) mass is 315 g/mol. The minimum Gasteiger partial charge on any atom is -0.383 e. The van der Waals surface area contributed by atoms with Gasteiger partial charge < -0.3 is 10.1 Å². The van der Waals surface area contributed by atoms with Crippen LogP contribution in [0.25, 0.3) is 0 Å². The number of nitrogens with zero attached hydrogens (tertiary/aromatic N) is 2. The van der Waals surface area contributed by atoms with Crippen molar-refractivity contribution < 1.29 is 13.2 Å². The Bertz CT molecular complexity index is 515. The highest BCUT2D eigenvalue weighted by Gasteiger charge is 2.26. The maximum absolute atomic E-state index is 12.6. The molecule has 1 rings (SSSR count). The molecule has 1 aromatic rings. The second-order valence-electron chi connectivity index (χ2n) is 5.01. The lowest BCUT2D eigenvalue weighted by Gasteiger charge is -2.25. The van der Waals surface area contributed by atoms with Crippen molar-refractivity contribution in [2.75, 3.05) is 32.1 Å². The van der Waals surface area contributed by atoms with Crippen molar-refractivity contribution in [3.63, 3.8) is 0 Å². The summed E-state index contributed by atoms with van der Waals surface area (Å²) < 4.78 is 31.6. The third-order valence-electron chi connectivity index (χ3n) is 2.99. The number of pyridine rings is 1. The van der Waals surface area contributed by atoms with Crippen LogP contribution < -0.4 is 5.32 Å². The number of aromatic nitrogens is 1. The molecule has 1 aromatic heterocycles. The first-order valence-electron chi connectivity index (χ1n) is 7.14. The summed E-state index contributed by atoms with van der Waals surface area (Å²) in [6, 6.07) is 3.14. The minimum atomic E-state index is -3.55. The molecule has 0 fully saturated rings. The van der Waals surface area contributed by atoms with E-state index in [1.807, 2.05) is 13.8 Å². The molecule has 0 bridgehead atoms. The van der Waals surface area contributed by atoms with E-state index in [0.717, 1.165) is 13.0 Å². The maximum Gasteiger partial charge on any atom is 0.244 e. The first kappa shape index (κ1) is 17.9. The largest absolute Gasteiger partial charge is 0.383 e. The molecule has 1 N–H and O–H groups in total. The van der Waals surface area contributed by atoms with E-state index < -0.39 is 10.0 Å². The van der Waals surface area contributed by atoms with Crippen molar-refractivity contribution in [3.05, 3.63) is 18.3 Å². The van der Waals surface area contributed by atoms with Gasteiger partial charge in [0, 0.05) is 32.4 Å². The fourth-order valence-corrected chi connectivity index (χ4v) is 3.43. The second kappa shape index (κ2) is 8.31. The van der Waals surface area contributed by atoms with Gasteiger partial charge in [0.15, 0.2) is 0 Å². The molecule has 0 saturated heterocycles. The van der Waals surface area contributed by atoms with Gasteiger partial charge in [0.05, 0.1) is 6.61 Å². The number of anilines is 1. The predicted molar refractivity (Wildman–Crippen MR) is 83.9 cm³/mol. The van der Waals surface area contributed by atoms with Crippen LogP contribution in [0.5, 0.6) is 0 Å². The van der Waals surface area contributed by atoms with E-state index in [1.54, 1.807) is 19.2 Å². The zero-order valence-corrected chi connectivity index (χ0v) is 14.0. The van der Waals surface area contributed by atoms with Gasteiger partial charge in [-0.1, -0.05) is 6.92 Å². The Labute approximate surface area is 127 Å². The van der Waals surface area contributed by atoms with Gasteiger partial charge in [0.25, 0.3) is 0 Å². The van der Waals surface area contributed by atoms with Gasteiger partial charge >= 0.3 is 0 Å². The van der Waals surface area contributed by atoms with Gasteiger partial charge in [-0.2, -0.15) is 4.31 Å². The van der Waals surface area contributed by atoms with E-state index in [9.17, 15) is 8.42 Å². The third-order valence-corrected chi connectivity index (χ3v) is 5.05. The summed E-state index contributed by atoms with van der Waals surface area (Å²) >= 11 is 0. The molecule has 0 spiro atoms. The van der Waals surface area contributed by atoms with Crippen molar-refractivity contribution in [1.82, 2.24) is 9.29 Å². The van der Waals surface area contributed by atoms with Crippen molar-refractivity contribution in [3.8, 4) is 0 Å². The highest BCUT2D eigenvalue weighted by molar-refractivity contribution is 7.89. The Morgan fingerprint density at radius 2 is 2.10 bits per heavy atom. The number of hydrogen-bond donors (Lipinski definition) is 1. The fourth-order valence-electron chi connectivity index (χ4n) is 1.86. The number of sulfonamides is 1. The maximum atomic E-state index is 12.6. The number of methoxy groups -OCH3 is 1. The topological polar surface area (TPSA) is 71.5 Å². The molecule has 7 heteroatoms. The summed E-state index contributed by atoms with van der Waals surface area (Å²) in [5, 5.41) is 3.12. The molecule has 0 amide bonds. The number of rotatable bonds is 9. The van der Waals surface area contributed by atoms with Crippen LogP contribution in [0.15, 0.2) is 23.2 Å². The summed E-state index contributed by atoms with van der Waals surface area (Å²) in [4.78, 5) is 4.36. The lowest BCUT2D eigenvalue weighted by Crippen LogP contribution is -2.39. The Balaban J connectivity index is 2.94. The smallest absolute Gasteiger partial charge is 0.244 e. The number of nitrogens with one attached hydrogen (secondary N) is 1. The third kappa shape index (κ3) is 4.94. The summed E-state index contributed by atoms with van der Waals surface area (Å²) in [5.74, 6) is 0.684. The van der Waals surface area contributed by atoms with Crippen LogP contribution in [0.1, 0.15) is 27.2 Å². The number of hydrogen-bond acceptors (Lipinski definition) is 5. The van der Waals surface area contributed by atoms with Crippen molar-refractivity contribution in [2.24, 2.45) is 0 Å². The average molecular weight is 315 g/mol. The Morgan fingerprint density at radius 1 is 1.38 bits per heavy atom. The van der Waals surface area contributed by atoms with Crippen LogP contribution in [0.3, 0.4) is 0 Å². The average Bonchev–Trinajstić information content (AvgIpc) is 2.45. The molecule has 0 aliphatic rings. The molecule has 0 saturated carbocycles. The van der Waals surface area contributed by atoms with Crippen LogP contribution in [0, 0.1) is 0 Å². The van der Waals surface area contributed by atoms with E-state index in [4.69, 9.17) is 4.74 Å². The van der Waals surface area contributed by atoms with E-state index in [0.29, 0.717) is 19.0 Å². The molecule has 1 heterocycles. The fraction of sp³-hybridized carbons (Fsp3) is 0.643. The molecule has 0 aromatic carbocycles. The quantitative estimate of drug-likeness (QED) is 0.754.